The maximum atomic E-state index is 5.86. The molecule has 0 N–H and O–H groups in total. The Morgan fingerprint density at radius 1 is 1.00 bits per heavy atom. The number of para-hydroxylation sites is 1. The summed E-state index contributed by atoms with van der Waals surface area (Å²) in [5.74, 6) is 0.866. The first-order valence-electron chi connectivity index (χ1n) is 9.71. The van der Waals surface area contributed by atoms with Crippen molar-refractivity contribution in [3.63, 3.8) is 0 Å². The van der Waals surface area contributed by atoms with Gasteiger partial charge in [0.05, 0.1) is 18.9 Å². The monoisotopic (exact) mass is 394 g/mol. The molecule has 1 aliphatic rings. The molecule has 1 fully saturated rings. The molecule has 28 heavy (non-hydrogen) atoms. The normalized spacial score (nSPS) is 20.4. The summed E-state index contributed by atoms with van der Waals surface area (Å²) in [5.41, 5.74) is 3.31. The minimum atomic E-state index is 0.214. The molecular formula is C22H26N4OS. The van der Waals surface area contributed by atoms with Crippen LogP contribution >= 0.6 is 12.2 Å². The summed E-state index contributed by atoms with van der Waals surface area (Å²) in [7, 11) is 0. The second kappa shape index (κ2) is 7.99. The third-order valence-corrected chi connectivity index (χ3v) is 5.39. The molecule has 0 aliphatic carbocycles. The van der Waals surface area contributed by atoms with Crippen LogP contribution in [0.4, 0.5) is 0 Å². The fourth-order valence-electron chi connectivity index (χ4n) is 3.79. The van der Waals surface area contributed by atoms with Crippen molar-refractivity contribution in [2.75, 3.05) is 13.1 Å². The standard InChI is InChI=1S/C22H26N4OS/c1-16-9-11-19(12-10-16)21-23-25(15-24-13-17(2)27-18(3)14-24)22(28)26(21)20-7-5-4-6-8-20/h4-12,17-18H,13-15H2,1-3H3/t17-,18-/m1/s1. The lowest BCUT2D eigenvalue weighted by atomic mass is 10.1. The quantitative estimate of drug-likeness (QED) is 0.613. The summed E-state index contributed by atoms with van der Waals surface area (Å²) < 4.78 is 10.6. The van der Waals surface area contributed by atoms with Crippen molar-refractivity contribution >= 4 is 12.2 Å². The molecule has 0 radical (unpaired) electrons. The first-order valence-corrected chi connectivity index (χ1v) is 10.1. The van der Waals surface area contributed by atoms with Crippen LogP contribution < -0.4 is 0 Å². The molecule has 0 unspecified atom stereocenters. The average Bonchev–Trinajstić information content (AvgIpc) is 2.98. The van der Waals surface area contributed by atoms with E-state index in [9.17, 15) is 0 Å². The molecule has 0 bridgehead atoms. The van der Waals surface area contributed by atoms with Crippen molar-refractivity contribution in [2.24, 2.45) is 0 Å². The van der Waals surface area contributed by atoms with Gasteiger partial charge in [-0.3, -0.25) is 9.47 Å². The third kappa shape index (κ3) is 3.94. The van der Waals surface area contributed by atoms with Crippen LogP contribution in [0, 0.1) is 11.7 Å². The molecule has 3 aromatic rings. The first kappa shape index (κ1) is 19.1. The number of aryl methyl sites for hydroxylation is 1. The summed E-state index contributed by atoms with van der Waals surface area (Å²) in [6, 6.07) is 18.6. The zero-order valence-electron chi connectivity index (χ0n) is 16.6. The Hall–Kier alpha value is -2.28. The summed E-state index contributed by atoms with van der Waals surface area (Å²) in [5, 5.41) is 4.92. The molecule has 2 atom stereocenters. The van der Waals surface area contributed by atoms with Crippen LogP contribution in [0.25, 0.3) is 17.1 Å². The number of nitrogens with zero attached hydrogens (tertiary/aromatic N) is 4. The van der Waals surface area contributed by atoms with E-state index in [0.29, 0.717) is 11.4 Å². The van der Waals surface area contributed by atoms with Gasteiger partial charge in [0.15, 0.2) is 5.82 Å². The fourth-order valence-corrected chi connectivity index (χ4v) is 4.08. The van der Waals surface area contributed by atoms with E-state index in [1.807, 2.05) is 22.9 Å². The molecule has 6 heteroatoms. The molecule has 2 heterocycles. The lowest BCUT2D eigenvalue weighted by Gasteiger charge is -2.34. The summed E-state index contributed by atoms with van der Waals surface area (Å²) in [6.45, 7) is 8.74. The third-order valence-electron chi connectivity index (χ3n) is 4.99. The van der Waals surface area contributed by atoms with Gasteiger partial charge in [-0.05, 0) is 45.1 Å². The minimum Gasteiger partial charge on any atom is -0.373 e. The van der Waals surface area contributed by atoms with Gasteiger partial charge in [0.1, 0.15) is 0 Å². The van der Waals surface area contributed by atoms with E-state index in [1.54, 1.807) is 0 Å². The first-order chi connectivity index (χ1) is 13.5. The average molecular weight is 395 g/mol. The van der Waals surface area contributed by atoms with Crippen LogP contribution in [0.15, 0.2) is 54.6 Å². The largest absolute Gasteiger partial charge is 0.373 e. The summed E-state index contributed by atoms with van der Waals surface area (Å²) in [4.78, 5) is 2.36. The summed E-state index contributed by atoms with van der Waals surface area (Å²) in [6.07, 6.45) is 0.427. The topological polar surface area (TPSA) is 35.2 Å². The van der Waals surface area contributed by atoms with Gasteiger partial charge < -0.3 is 4.74 Å². The molecule has 5 nitrogen and oxygen atoms in total. The van der Waals surface area contributed by atoms with Gasteiger partial charge in [-0.15, -0.1) is 5.10 Å². The number of ether oxygens (including phenoxy) is 1. The number of aromatic nitrogens is 3. The highest BCUT2D eigenvalue weighted by Crippen LogP contribution is 2.23. The zero-order chi connectivity index (χ0) is 19.7. The van der Waals surface area contributed by atoms with Crippen LogP contribution in [0.3, 0.4) is 0 Å². The van der Waals surface area contributed by atoms with Crippen LogP contribution in [-0.4, -0.2) is 44.5 Å². The van der Waals surface area contributed by atoms with E-state index in [-0.39, 0.29) is 12.2 Å². The lowest BCUT2D eigenvalue weighted by molar-refractivity contribution is -0.0777. The number of hydrogen-bond donors (Lipinski definition) is 0. The van der Waals surface area contributed by atoms with Gasteiger partial charge in [-0.1, -0.05) is 48.0 Å². The molecule has 0 amide bonds. The Balaban J connectivity index is 1.76. The maximum Gasteiger partial charge on any atom is 0.204 e. The van der Waals surface area contributed by atoms with Crippen molar-refractivity contribution in [2.45, 2.75) is 39.6 Å². The van der Waals surface area contributed by atoms with E-state index in [1.165, 1.54) is 5.56 Å². The second-order valence-electron chi connectivity index (χ2n) is 7.58. The molecular weight excluding hydrogens is 368 g/mol. The Bertz CT molecular complexity index is 984. The van der Waals surface area contributed by atoms with Crippen molar-refractivity contribution < 1.29 is 4.74 Å². The van der Waals surface area contributed by atoms with Gasteiger partial charge in [-0.25, -0.2) is 4.68 Å². The SMILES string of the molecule is Cc1ccc(-c2nn(CN3C[C@@H](C)O[C@H](C)C3)c(=S)n2-c2ccccc2)cc1. The van der Waals surface area contributed by atoms with Crippen LogP contribution in [0.2, 0.25) is 0 Å². The molecule has 146 valence electrons. The van der Waals surface area contributed by atoms with Crippen LogP contribution in [0.5, 0.6) is 0 Å². The smallest absolute Gasteiger partial charge is 0.204 e. The van der Waals surface area contributed by atoms with Gasteiger partial charge in [-0.2, -0.15) is 0 Å². The molecule has 1 aliphatic heterocycles. The Morgan fingerprint density at radius 3 is 2.29 bits per heavy atom. The summed E-state index contributed by atoms with van der Waals surface area (Å²) >= 11 is 5.85. The Labute approximate surface area is 171 Å². The molecule has 0 saturated carbocycles. The number of morpholine rings is 1. The van der Waals surface area contributed by atoms with Gasteiger partial charge in [0.2, 0.25) is 4.77 Å². The molecule has 1 saturated heterocycles. The predicted octanol–water partition coefficient (Wildman–Crippen LogP) is 4.45. The predicted molar refractivity (Wildman–Crippen MR) is 114 cm³/mol. The van der Waals surface area contributed by atoms with Gasteiger partial charge in [0, 0.05) is 24.3 Å². The van der Waals surface area contributed by atoms with E-state index >= 15 is 0 Å². The van der Waals surface area contributed by atoms with Crippen molar-refractivity contribution in [1.29, 1.82) is 0 Å². The Kier molecular flexibility index (Phi) is 5.44. The molecule has 2 aromatic carbocycles. The highest BCUT2D eigenvalue weighted by Gasteiger charge is 2.24. The van der Waals surface area contributed by atoms with Gasteiger partial charge in [0.25, 0.3) is 0 Å². The zero-order valence-corrected chi connectivity index (χ0v) is 17.4. The van der Waals surface area contributed by atoms with E-state index in [4.69, 9.17) is 22.1 Å². The Morgan fingerprint density at radius 2 is 1.64 bits per heavy atom. The fraction of sp³-hybridized carbons (Fsp3) is 0.364. The maximum absolute atomic E-state index is 5.86. The van der Waals surface area contributed by atoms with Gasteiger partial charge >= 0.3 is 0 Å². The highest BCUT2D eigenvalue weighted by molar-refractivity contribution is 7.71. The van der Waals surface area contributed by atoms with E-state index in [2.05, 4.69) is 66.6 Å². The van der Waals surface area contributed by atoms with E-state index < -0.39 is 0 Å². The van der Waals surface area contributed by atoms with E-state index in [0.717, 1.165) is 30.2 Å². The van der Waals surface area contributed by atoms with Crippen molar-refractivity contribution in [3.05, 3.63) is 64.9 Å². The van der Waals surface area contributed by atoms with Crippen LogP contribution in [0.1, 0.15) is 19.4 Å². The molecule has 4 rings (SSSR count). The highest BCUT2D eigenvalue weighted by atomic mass is 32.1. The number of benzene rings is 2. The van der Waals surface area contributed by atoms with Crippen molar-refractivity contribution in [1.82, 2.24) is 19.2 Å². The second-order valence-corrected chi connectivity index (χ2v) is 7.94. The number of rotatable bonds is 4. The van der Waals surface area contributed by atoms with Crippen LogP contribution in [-0.2, 0) is 11.4 Å². The van der Waals surface area contributed by atoms with Crippen molar-refractivity contribution in [3.8, 4) is 17.1 Å². The number of hydrogen-bond acceptors (Lipinski definition) is 4. The molecule has 1 aromatic heterocycles. The minimum absolute atomic E-state index is 0.214. The molecule has 0 spiro atoms. The lowest BCUT2D eigenvalue weighted by Crippen LogP contribution is -2.46.